The molecule has 1 N–H and O–H groups in total. The van der Waals surface area contributed by atoms with E-state index < -0.39 is 0 Å². The average Bonchev–Trinajstić information content (AvgIpc) is 2.93. The van der Waals surface area contributed by atoms with Crippen LogP contribution in [0.3, 0.4) is 0 Å². The van der Waals surface area contributed by atoms with Crippen molar-refractivity contribution in [3.8, 4) is 0 Å². The van der Waals surface area contributed by atoms with E-state index in [1.54, 1.807) is 0 Å². The molecule has 2 aromatic rings. The number of hydrogen-bond donors (Lipinski definition) is 1. The molecular formula is C21H28N4O. The molecule has 0 radical (unpaired) electrons. The summed E-state index contributed by atoms with van der Waals surface area (Å²) in [6.07, 6.45) is 2.42. The summed E-state index contributed by atoms with van der Waals surface area (Å²) >= 11 is 0. The van der Waals surface area contributed by atoms with Crippen LogP contribution in [0.15, 0.2) is 24.4 Å². The Morgan fingerprint density at radius 1 is 1.15 bits per heavy atom. The van der Waals surface area contributed by atoms with Crippen LogP contribution in [0.25, 0.3) is 0 Å². The van der Waals surface area contributed by atoms with E-state index in [1.807, 2.05) is 32.2 Å². The molecular weight excluding hydrogens is 324 g/mol. The summed E-state index contributed by atoms with van der Waals surface area (Å²) in [7, 11) is 0. The van der Waals surface area contributed by atoms with Crippen molar-refractivity contribution in [3.63, 3.8) is 0 Å². The Morgan fingerprint density at radius 2 is 1.85 bits per heavy atom. The van der Waals surface area contributed by atoms with Crippen LogP contribution >= 0.6 is 0 Å². The summed E-state index contributed by atoms with van der Waals surface area (Å²) in [5, 5.41) is 3.00. The molecule has 0 atom stereocenters. The van der Waals surface area contributed by atoms with Crippen molar-refractivity contribution in [2.45, 2.75) is 59.5 Å². The molecule has 1 aliphatic rings. The topological polar surface area (TPSA) is 58.1 Å². The monoisotopic (exact) mass is 352 g/mol. The molecule has 2 heterocycles. The molecule has 3 rings (SSSR count). The molecule has 138 valence electrons. The minimum absolute atomic E-state index is 0.0473. The standard InChI is InChI=1S/C21H28N4O/c1-14-8-15(2)10-17(9-14)23-19(26)6-7-25-12-16-11-22-20(21(3,4)5)24-18(16)13-25/h8-11H,6-7,12-13H2,1-5H3,(H,23,26). The first-order valence-corrected chi connectivity index (χ1v) is 9.16. The fourth-order valence-corrected chi connectivity index (χ4v) is 3.27. The lowest BCUT2D eigenvalue weighted by Crippen LogP contribution is -2.23. The van der Waals surface area contributed by atoms with Crippen molar-refractivity contribution < 1.29 is 4.79 Å². The molecule has 1 aromatic carbocycles. The van der Waals surface area contributed by atoms with Gasteiger partial charge >= 0.3 is 0 Å². The number of rotatable bonds is 4. The number of nitrogens with zero attached hydrogens (tertiary/aromatic N) is 3. The van der Waals surface area contributed by atoms with Crippen molar-refractivity contribution in [2.24, 2.45) is 0 Å². The van der Waals surface area contributed by atoms with Crippen molar-refractivity contribution in [2.75, 3.05) is 11.9 Å². The van der Waals surface area contributed by atoms with Crippen LogP contribution in [0.5, 0.6) is 0 Å². The number of amides is 1. The number of fused-ring (bicyclic) bond motifs is 1. The molecule has 1 aliphatic heterocycles. The lowest BCUT2D eigenvalue weighted by Gasteiger charge is -2.16. The molecule has 26 heavy (non-hydrogen) atoms. The van der Waals surface area contributed by atoms with Crippen molar-refractivity contribution >= 4 is 11.6 Å². The van der Waals surface area contributed by atoms with E-state index in [2.05, 4.69) is 42.0 Å². The van der Waals surface area contributed by atoms with Crippen LogP contribution in [0.4, 0.5) is 5.69 Å². The minimum Gasteiger partial charge on any atom is -0.326 e. The average molecular weight is 352 g/mol. The third kappa shape index (κ3) is 4.47. The lowest BCUT2D eigenvalue weighted by atomic mass is 9.95. The molecule has 0 bridgehead atoms. The second-order valence-electron chi connectivity index (χ2n) is 8.30. The molecule has 0 unspecified atom stereocenters. The molecule has 0 saturated carbocycles. The van der Waals surface area contributed by atoms with Gasteiger partial charge < -0.3 is 5.32 Å². The van der Waals surface area contributed by atoms with Gasteiger partial charge in [-0.2, -0.15) is 0 Å². The molecule has 0 fully saturated rings. The number of carbonyl (C=O) groups is 1. The lowest BCUT2D eigenvalue weighted by molar-refractivity contribution is -0.116. The predicted molar refractivity (Wildman–Crippen MR) is 104 cm³/mol. The zero-order chi connectivity index (χ0) is 18.9. The maximum atomic E-state index is 12.3. The Balaban J connectivity index is 1.55. The number of benzene rings is 1. The van der Waals surface area contributed by atoms with Gasteiger partial charge in [0.15, 0.2) is 0 Å². The van der Waals surface area contributed by atoms with Gasteiger partial charge in [-0.1, -0.05) is 26.8 Å². The number of hydrogen-bond acceptors (Lipinski definition) is 4. The summed E-state index contributed by atoms with van der Waals surface area (Å²) in [4.78, 5) is 23.8. The number of aromatic nitrogens is 2. The van der Waals surface area contributed by atoms with Gasteiger partial charge in [0.25, 0.3) is 0 Å². The smallest absolute Gasteiger partial charge is 0.225 e. The van der Waals surface area contributed by atoms with E-state index in [-0.39, 0.29) is 11.3 Å². The second kappa shape index (κ2) is 7.16. The van der Waals surface area contributed by atoms with E-state index in [9.17, 15) is 4.79 Å². The number of aryl methyl sites for hydroxylation is 2. The number of nitrogens with one attached hydrogen (secondary N) is 1. The van der Waals surface area contributed by atoms with Crippen LogP contribution in [0, 0.1) is 13.8 Å². The SMILES string of the molecule is Cc1cc(C)cc(NC(=O)CCN2Cc3cnc(C(C)(C)C)nc3C2)c1. The molecule has 0 aliphatic carbocycles. The Hall–Kier alpha value is -2.27. The van der Waals surface area contributed by atoms with Gasteiger partial charge in [0.05, 0.1) is 5.69 Å². The van der Waals surface area contributed by atoms with E-state index in [4.69, 9.17) is 4.98 Å². The summed E-state index contributed by atoms with van der Waals surface area (Å²) in [5.74, 6) is 0.929. The molecule has 1 aromatic heterocycles. The van der Waals surface area contributed by atoms with E-state index >= 15 is 0 Å². The van der Waals surface area contributed by atoms with Gasteiger partial charge in [-0.3, -0.25) is 9.69 Å². The highest BCUT2D eigenvalue weighted by molar-refractivity contribution is 5.91. The third-order valence-electron chi connectivity index (χ3n) is 4.55. The van der Waals surface area contributed by atoms with Crippen LogP contribution in [0.1, 0.15) is 55.4 Å². The summed E-state index contributed by atoms with van der Waals surface area (Å²) < 4.78 is 0. The van der Waals surface area contributed by atoms with Gasteiger partial charge in [-0.15, -0.1) is 0 Å². The van der Waals surface area contributed by atoms with Gasteiger partial charge in [0, 0.05) is 48.9 Å². The van der Waals surface area contributed by atoms with Crippen LogP contribution in [-0.2, 0) is 23.3 Å². The summed E-state index contributed by atoms with van der Waals surface area (Å²) in [6, 6.07) is 6.10. The van der Waals surface area contributed by atoms with Gasteiger partial charge in [-0.25, -0.2) is 9.97 Å². The Morgan fingerprint density at radius 3 is 2.50 bits per heavy atom. The number of anilines is 1. The van der Waals surface area contributed by atoms with Crippen molar-refractivity contribution in [1.29, 1.82) is 0 Å². The zero-order valence-corrected chi connectivity index (χ0v) is 16.4. The quantitative estimate of drug-likeness (QED) is 0.911. The summed E-state index contributed by atoms with van der Waals surface area (Å²) in [6.45, 7) is 12.8. The zero-order valence-electron chi connectivity index (χ0n) is 16.4. The Kier molecular flexibility index (Phi) is 5.10. The molecule has 5 nitrogen and oxygen atoms in total. The van der Waals surface area contributed by atoms with Gasteiger partial charge in [0.2, 0.25) is 5.91 Å². The van der Waals surface area contributed by atoms with E-state index in [0.717, 1.165) is 48.0 Å². The first-order valence-electron chi connectivity index (χ1n) is 9.16. The predicted octanol–water partition coefficient (Wildman–Crippen LogP) is 3.74. The van der Waals surface area contributed by atoms with Crippen LogP contribution in [-0.4, -0.2) is 27.3 Å². The molecule has 5 heteroatoms. The maximum absolute atomic E-state index is 12.3. The fourth-order valence-electron chi connectivity index (χ4n) is 3.27. The van der Waals surface area contributed by atoms with Gasteiger partial charge in [0.1, 0.15) is 5.82 Å². The highest BCUT2D eigenvalue weighted by Gasteiger charge is 2.25. The first kappa shape index (κ1) is 18.5. The molecule has 1 amide bonds. The van der Waals surface area contributed by atoms with E-state index in [0.29, 0.717) is 6.42 Å². The highest BCUT2D eigenvalue weighted by atomic mass is 16.1. The number of carbonyl (C=O) groups excluding carboxylic acids is 1. The summed E-state index contributed by atoms with van der Waals surface area (Å²) in [5.41, 5.74) is 5.41. The largest absolute Gasteiger partial charge is 0.326 e. The Labute approximate surface area is 155 Å². The van der Waals surface area contributed by atoms with Crippen LogP contribution in [0.2, 0.25) is 0 Å². The normalized spacial score (nSPS) is 14.3. The maximum Gasteiger partial charge on any atom is 0.225 e. The Bertz CT molecular complexity index is 803. The first-order chi connectivity index (χ1) is 12.2. The second-order valence-corrected chi connectivity index (χ2v) is 8.30. The molecule has 0 saturated heterocycles. The third-order valence-corrected chi connectivity index (χ3v) is 4.55. The van der Waals surface area contributed by atoms with Crippen LogP contribution < -0.4 is 5.32 Å². The highest BCUT2D eigenvalue weighted by Crippen LogP contribution is 2.24. The van der Waals surface area contributed by atoms with E-state index in [1.165, 1.54) is 5.56 Å². The minimum atomic E-state index is -0.0473. The van der Waals surface area contributed by atoms with Gasteiger partial charge in [-0.05, 0) is 37.1 Å². The fraction of sp³-hybridized carbons (Fsp3) is 0.476. The van der Waals surface area contributed by atoms with Crippen molar-refractivity contribution in [3.05, 3.63) is 52.6 Å². The van der Waals surface area contributed by atoms with Crippen molar-refractivity contribution in [1.82, 2.24) is 14.9 Å². The molecule has 0 spiro atoms.